The second-order valence-corrected chi connectivity index (χ2v) is 5.07. The summed E-state index contributed by atoms with van der Waals surface area (Å²) in [4.78, 5) is 13.8. The molecule has 2 fully saturated rings. The van der Waals surface area contributed by atoms with Crippen LogP contribution in [0.2, 0.25) is 0 Å². The topological polar surface area (TPSA) is 32.3 Å². The second-order valence-electron chi connectivity index (χ2n) is 5.07. The maximum Gasteiger partial charge on any atom is 0.322 e. The first kappa shape index (κ1) is 11.4. The number of benzene rings is 1. The molecule has 5 heteroatoms. The number of carbonyl (C=O) groups is 1. The Morgan fingerprint density at radius 3 is 2.50 bits per heavy atom. The van der Waals surface area contributed by atoms with Crippen LogP contribution in [0.3, 0.4) is 0 Å². The smallest absolute Gasteiger partial charge is 0.321 e. The molecule has 2 amide bonds. The highest BCUT2D eigenvalue weighted by molar-refractivity contribution is 5.89. The number of carbonyl (C=O) groups excluding carboxylic acids is 1. The molecule has 0 aromatic heterocycles. The summed E-state index contributed by atoms with van der Waals surface area (Å²) < 4.78 is 26.0. The maximum absolute atomic E-state index is 13.0. The molecule has 0 spiro atoms. The largest absolute Gasteiger partial charge is 0.322 e. The molecule has 2 atom stereocenters. The van der Waals surface area contributed by atoms with Crippen molar-refractivity contribution in [3.8, 4) is 0 Å². The van der Waals surface area contributed by atoms with E-state index in [1.165, 1.54) is 6.42 Å². The van der Waals surface area contributed by atoms with Crippen molar-refractivity contribution in [1.82, 2.24) is 4.90 Å². The average molecular weight is 252 g/mol. The first-order chi connectivity index (χ1) is 8.61. The average Bonchev–Trinajstić information content (AvgIpc) is 2.88. The van der Waals surface area contributed by atoms with Gasteiger partial charge in [0.25, 0.3) is 0 Å². The minimum absolute atomic E-state index is 0.167. The normalized spacial score (nSPS) is 25.6. The van der Waals surface area contributed by atoms with Crippen LogP contribution < -0.4 is 5.32 Å². The first-order valence-corrected chi connectivity index (χ1v) is 6.15. The SMILES string of the molecule is O=C(Nc1cc(F)cc(F)c1)N1C[C@H]2CC[C@H]1C2. The molecule has 1 aromatic carbocycles. The van der Waals surface area contributed by atoms with Crippen molar-refractivity contribution >= 4 is 11.7 Å². The summed E-state index contributed by atoms with van der Waals surface area (Å²) in [7, 11) is 0. The first-order valence-electron chi connectivity index (χ1n) is 6.15. The van der Waals surface area contributed by atoms with Crippen LogP contribution in [-0.4, -0.2) is 23.5 Å². The zero-order chi connectivity index (χ0) is 12.7. The van der Waals surface area contributed by atoms with Gasteiger partial charge in [-0.1, -0.05) is 0 Å². The molecule has 1 aliphatic carbocycles. The Balaban J connectivity index is 1.70. The number of rotatable bonds is 1. The number of likely N-dealkylation sites (tertiary alicyclic amines) is 1. The summed E-state index contributed by atoms with van der Waals surface area (Å²) in [5.41, 5.74) is 0.167. The third-order valence-electron chi connectivity index (χ3n) is 3.78. The fourth-order valence-electron chi connectivity index (χ4n) is 2.99. The van der Waals surface area contributed by atoms with Gasteiger partial charge in [-0.3, -0.25) is 0 Å². The van der Waals surface area contributed by atoms with Crippen LogP contribution in [0.4, 0.5) is 19.3 Å². The van der Waals surface area contributed by atoms with E-state index in [9.17, 15) is 13.6 Å². The molecule has 1 saturated heterocycles. The molecule has 96 valence electrons. The molecule has 2 bridgehead atoms. The van der Waals surface area contributed by atoms with Gasteiger partial charge in [0, 0.05) is 24.3 Å². The summed E-state index contributed by atoms with van der Waals surface area (Å²) in [6.07, 6.45) is 3.28. The molecular formula is C13H14F2N2O. The molecule has 0 radical (unpaired) electrons. The van der Waals surface area contributed by atoms with E-state index in [0.717, 1.165) is 37.6 Å². The Morgan fingerprint density at radius 2 is 1.94 bits per heavy atom. The Bertz CT molecular complexity index is 472. The molecule has 2 aliphatic rings. The van der Waals surface area contributed by atoms with E-state index in [1.54, 1.807) is 4.90 Å². The van der Waals surface area contributed by atoms with Crippen molar-refractivity contribution < 1.29 is 13.6 Å². The second kappa shape index (κ2) is 4.23. The van der Waals surface area contributed by atoms with E-state index in [-0.39, 0.29) is 11.7 Å². The van der Waals surface area contributed by atoms with Crippen molar-refractivity contribution in [3.05, 3.63) is 29.8 Å². The third kappa shape index (κ3) is 2.05. The Hall–Kier alpha value is -1.65. The highest BCUT2D eigenvalue weighted by Gasteiger charge is 2.40. The maximum atomic E-state index is 13.0. The number of hydrogen-bond acceptors (Lipinski definition) is 1. The number of nitrogens with one attached hydrogen (secondary N) is 1. The lowest BCUT2D eigenvalue weighted by Gasteiger charge is -2.27. The number of amides is 2. The Labute approximate surface area is 104 Å². The summed E-state index contributed by atoms with van der Waals surface area (Å²) in [6, 6.07) is 3.07. The molecule has 3 nitrogen and oxygen atoms in total. The number of nitrogens with zero attached hydrogens (tertiary/aromatic N) is 1. The Kier molecular flexibility index (Phi) is 2.69. The number of anilines is 1. The Morgan fingerprint density at radius 1 is 1.22 bits per heavy atom. The minimum Gasteiger partial charge on any atom is -0.321 e. The molecule has 18 heavy (non-hydrogen) atoms. The van der Waals surface area contributed by atoms with Crippen LogP contribution >= 0.6 is 0 Å². The van der Waals surface area contributed by atoms with Crippen LogP contribution in [0.5, 0.6) is 0 Å². The van der Waals surface area contributed by atoms with Crippen molar-refractivity contribution in [1.29, 1.82) is 0 Å². The zero-order valence-electron chi connectivity index (χ0n) is 9.83. The summed E-state index contributed by atoms with van der Waals surface area (Å²) >= 11 is 0. The molecule has 1 heterocycles. The molecule has 1 saturated carbocycles. The molecule has 1 N–H and O–H groups in total. The third-order valence-corrected chi connectivity index (χ3v) is 3.78. The van der Waals surface area contributed by atoms with Gasteiger partial charge in [-0.2, -0.15) is 0 Å². The van der Waals surface area contributed by atoms with Crippen molar-refractivity contribution in [2.45, 2.75) is 25.3 Å². The van der Waals surface area contributed by atoms with E-state index in [1.807, 2.05) is 0 Å². The van der Waals surface area contributed by atoms with Crippen LogP contribution in [0.25, 0.3) is 0 Å². The van der Waals surface area contributed by atoms with Gasteiger partial charge in [-0.15, -0.1) is 0 Å². The fraction of sp³-hybridized carbons (Fsp3) is 0.462. The van der Waals surface area contributed by atoms with Gasteiger partial charge in [0.05, 0.1) is 0 Å². The van der Waals surface area contributed by atoms with Crippen molar-refractivity contribution in [3.63, 3.8) is 0 Å². The molecule has 3 rings (SSSR count). The molecule has 0 unspecified atom stereocenters. The van der Waals surface area contributed by atoms with Crippen LogP contribution in [0.15, 0.2) is 18.2 Å². The van der Waals surface area contributed by atoms with E-state index in [0.29, 0.717) is 12.0 Å². The van der Waals surface area contributed by atoms with Crippen molar-refractivity contribution in [2.75, 3.05) is 11.9 Å². The summed E-state index contributed by atoms with van der Waals surface area (Å²) in [5, 5.41) is 2.56. The number of halogens is 2. The van der Waals surface area contributed by atoms with Crippen LogP contribution in [0.1, 0.15) is 19.3 Å². The lowest BCUT2D eigenvalue weighted by atomic mass is 10.1. The highest BCUT2D eigenvalue weighted by atomic mass is 19.1. The molecular weight excluding hydrogens is 238 g/mol. The highest BCUT2D eigenvalue weighted by Crippen LogP contribution is 2.37. The predicted molar refractivity (Wildman–Crippen MR) is 63.2 cm³/mol. The fourth-order valence-corrected chi connectivity index (χ4v) is 2.99. The van der Waals surface area contributed by atoms with Crippen LogP contribution in [0, 0.1) is 17.6 Å². The lowest BCUT2D eigenvalue weighted by molar-refractivity contribution is 0.194. The van der Waals surface area contributed by atoms with Crippen LogP contribution in [-0.2, 0) is 0 Å². The van der Waals surface area contributed by atoms with Gasteiger partial charge in [0.1, 0.15) is 11.6 Å². The molecule has 1 aliphatic heterocycles. The lowest BCUT2D eigenvalue weighted by Crippen LogP contribution is -2.40. The van der Waals surface area contributed by atoms with Gasteiger partial charge in [0.15, 0.2) is 0 Å². The minimum atomic E-state index is -0.687. The number of hydrogen-bond donors (Lipinski definition) is 1. The van der Waals surface area contributed by atoms with Gasteiger partial charge >= 0.3 is 6.03 Å². The monoisotopic (exact) mass is 252 g/mol. The number of urea groups is 1. The quantitative estimate of drug-likeness (QED) is 0.818. The van der Waals surface area contributed by atoms with E-state index in [4.69, 9.17) is 0 Å². The van der Waals surface area contributed by atoms with E-state index >= 15 is 0 Å². The van der Waals surface area contributed by atoms with Gasteiger partial charge in [-0.05, 0) is 37.3 Å². The number of piperidine rings is 1. The van der Waals surface area contributed by atoms with Gasteiger partial charge in [0.2, 0.25) is 0 Å². The van der Waals surface area contributed by atoms with E-state index < -0.39 is 11.6 Å². The zero-order valence-corrected chi connectivity index (χ0v) is 9.83. The van der Waals surface area contributed by atoms with Gasteiger partial charge < -0.3 is 10.2 Å². The molecule has 1 aromatic rings. The summed E-state index contributed by atoms with van der Waals surface area (Å²) in [5.74, 6) is -0.772. The van der Waals surface area contributed by atoms with Crippen molar-refractivity contribution in [2.24, 2.45) is 5.92 Å². The number of fused-ring (bicyclic) bond motifs is 2. The standard InChI is InChI=1S/C13H14F2N2O/c14-9-4-10(15)6-11(5-9)16-13(18)17-7-8-1-2-12(17)3-8/h4-6,8,12H,1-3,7H2,(H,16,18)/t8-,12-/m0/s1. The summed E-state index contributed by atoms with van der Waals surface area (Å²) in [6.45, 7) is 0.758. The van der Waals surface area contributed by atoms with Gasteiger partial charge in [-0.25, -0.2) is 13.6 Å². The predicted octanol–water partition coefficient (Wildman–Crippen LogP) is 2.98. The van der Waals surface area contributed by atoms with E-state index in [2.05, 4.69) is 5.32 Å².